The molecule has 0 N–H and O–H groups in total. The van der Waals surface area contributed by atoms with E-state index in [1.165, 1.54) is 0 Å². The van der Waals surface area contributed by atoms with Crippen LogP contribution in [0.1, 0.15) is 19.8 Å². The zero-order valence-electron chi connectivity index (χ0n) is 4.65. The van der Waals surface area contributed by atoms with Gasteiger partial charge in [-0.3, -0.25) is 0 Å². The Balaban J connectivity index is 2.78. The summed E-state index contributed by atoms with van der Waals surface area (Å²) in [7, 11) is 0. The number of hydrogen-bond acceptors (Lipinski definition) is 0. The molecule has 0 atom stereocenters. The molecule has 1 heteroatoms. The monoisotopic (exact) mass is 162 g/mol. The van der Waals surface area contributed by atoms with E-state index < -0.39 is 0 Å². The predicted molar refractivity (Wildman–Crippen MR) is 37.8 cm³/mol. The summed E-state index contributed by atoms with van der Waals surface area (Å²) >= 11 is 3.33. The van der Waals surface area contributed by atoms with E-state index >= 15 is 0 Å². The van der Waals surface area contributed by atoms with Crippen LogP contribution in [-0.2, 0) is 0 Å². The highest BCUT2D eigenvalue weighted by Gasteiger charge is 1.69. The number of rotatable bonds is 3. The van der Waals surface area contributed by atoms with Crippen LogP contribution in [0.15, 0.2) is 12.2 Å². The molecule has 0 aromatic heterocycles. The second kappa shape index (κ2) is 6.22. The normalized spacial score (nSPS) is 10.6. The van der Waals surface area contributed by atoms with Crippen molar-refractivity contribution < 1.29 is 0 Å². The summed E-state index contributed by atoms with van der Waals surface area (Å²) in [6.07, 6.45) is 6.69. The largest absolute Gasteiger partial charge is 0.0925 e. The Morgan fingerprint density at radius 3 is 2.57 bits per heavy atom. The molecule has 0 heterocycles. The molecule has 0 unspecified atom stereocenters. The first-order valence-corrected chi connectivity index (χ1v) is 3.75. The standard InChI is InChI=1S/C6H11Br/c1-2-3-4-5-6-7/h3-4H,2,5-6H2,1H3. The van der Waals surface area contributed by atoms with Crippen LogP contribution in [0.4, 0.5) is 0 Å². The lowest BCUT2D eigenvalue weighted by Gasteiger charge is -1.78. The van der Waals surface area contributed by atoms with Crippen LogP contribution < -0.4 is 0 Å². The van der Waals surface area contributed by atoms with Gasteiger partial charge in [0.15, 0.2) is 0 Å². The molecule has 0 aliphatic rings. The lowest BCUT2D eigenvalue weighted by molar-refractivity contribution is 1.17. The molecule has 0 amide bonds. The molecule has 0 aromatic rings. The second-order valence-electron chi connectivity index (χ2n) is 1.36. The van der Waals surface area contributed by atoms with Gasteiger partial charge < -0.3 is 0 Å². The summed E-state index contributed by atoms with van der Waals surface area (Å²) in [6.45, 7) is 2.14. The Morgan fingerprint density at radius 1 is 1.43 bits per heavy atom. The minimum Gasteiger partial charge on any atom is -0.0925 e. The average Bonchev–Trinajstić information content (AvgIpc) is 1.69. The van der Waals surface area contributed by atoms with Crippen molar-refractivity contribution in [1.29, 1.82) is 0 Å². The van der Waals surface area contributed by atoms with Gasteiger partial charge in [-0.1, -0.05) is 35.0 Å². The van der Waals surface area contributed by atoms with E-state index in [9.17, 15) is 0 Å². The molecule has 0 fully saturated rings. The summed E-state index contributed by atoms with van der Waals surface area (Å²) in [5.74, 6) is 0. The average molecular weight is 163 g/mol. The summed E-state index contributed by atoms with van der Waals surface area (Å²) < 4.78 is 0. The smallest absolute Gasteiger partial charge is 0.00659 e. The number of alkyl halides is 1. The zero-order chi connectivity index (χ0) is 5.54. The fraction of sp³-hybridized carbons (Fsp3) is 0.667. The van der Waals surface area contributed by atoms with Crippen molar-refractivity contribution >= 4 is 15.9 Å². The van der Waals surface area contributed by atoms with Gasteiger partial charge in [-0.15, -0.1) is 0 Å². The van der Waals surface area contributed by atoms with Crippen LogP contribution in [-0.4, -0.2) is 5.33 Å². The Labute approximate surface area is 53.7 Å². The summed E-state index contributed by atoms with van der Waals surface area (Å²) in [5, 5.41) is 1.09. The van der Waals surface area contributed by atoms with Crippen LogP contribution in [0.3, 0.4) is 0 Å². The molecule has 0 rings (SSSR count). The van der Waals surface area contributed by atoms with E-state index in [0.29, 0.717) is 0 Å². The van der Waals surface area contributed by atoms with E-state index in [2.05, 4.69) is 35.0 Å². The third-order valence-corrected chi connectivity index (χ3v) is 1.14. The third-order valence-electron chi connectivity index (χ3n) is 0.678. The van der Waals surface area contributed by atoms with Crippen LogP contribution in [0.25, 0.3) is 0 Å². The van der Waals surface area contributed by atoms with Crippen molar-refractivity contribution in [3.63, 3.8) is 0 Å². The first kappa shape index (κ1) is 7.22. The maximum atomic E-state index is 3.33. The highest BCUT2D eigenvalue weighted by Crippen LogP contribution is 1.89. The molecule has 42 valence electrons. The van der Waals surface area contributed by atoms with Crippen LogP contribution in [0, 0.1) is 0 Å². The third kappa shape index (κ3) is 6.22. The van der Waals surface area contributed by atoms with E-state index in [1.807, 2.05) is 0 Å². The molecule has 0 aliphatic carbocycles. The number of allylic oxidation sites excluding steroid dienone is 2. The summed E-state index contributed by atoms with van der Waals surface area (Å²) in [4.78, 5) is 0. The molecule has 0 saturated carbocycles. The van der Waals surface area contributed by atoms with Gasteiger partial charge in [-0.05, 0) is 12.8 Å². The van der Waals surface area contributed by atoms with Crippen molar-refractivity contribution in [3.05, 3.63) is 12.2 Å². The fourth-order valence-corrected chi connectivity index (χ4v) is 0.612. The Morgan fingerprint density at radius 2 is 2.14 bits per heavy atom. The van der Waals surface area contributed by atoms with Gasteiger partial charge in [-0.2, -0.15) is 0 Å². The van der Waals surface area contributed by atoms with Gasteiger partial charge in [0, 0.05) is 5.33 Å². The van der Waals surface area contributed by atoms with Crippen molar-refractivity contribution in [2.45, 2.75) is 19.8 Å². The van der Waals surface area contributed by atoms with Crippen molar-refractivity contribution in [3.8, 4) is 0 Å². The Hall–Kier alpha value is 0.220. The van der Waals surface area contributed by atoms with Gasteiger partial charge in [0.25, 0.3) is 0 Å². The van der Waals surface area contributed by atoms with Crippen molar-refractivity contribution in [2.75, 3.05) is 5.33 Å². The van der Waals surface area contributed by atoms with Gasteiger partial charge in [0.2, 0.25) is 0 Å². The molecule has 7 heavy (non-hydrogen) atoms. The summed E-state index contributed by atoms with van der Waals surface area (Å²) in [5.41, 5.74) is 0. The van der Waals surface area contributed by atoms with Crippen LogP contribution in [0.2, 0.25) is 0 Å². The van der Waals surface area contributed by atoms with E-state index in [1.54, 1.807) is 0 Å². The van der Waals surface area contributed by atoms with Gasteiger partial charge in [-0.25, -0.2) is 0 Å². The van der Waals surface area contributed by atoms with E-state index in [0.717, 1.165) is 18.2 Å². The Kier molecular flexibility index (Phi) is 6.42. The molecular weight excluding hydrogens is 152 g/mol. The minimum atomic E-state index is 1.09. The zero-order valence-corrected chi connectivity index (χ0v) is 6.24. The van der Waals surface area contributed by atoms with Gasteiger partial charge in [0.05, 0.1) is 0 Å². The lowest BCUT2D eigenvalue weighted by atomic mass is 10.4. The maximum Gasteiger partial charge on any atom is 0.00659 e. The highest BCUT2D eigenvalue weighted by molar-refractivity contribution is 9.09. The van der Waals surface area contributed by atoms with Crippen LogP contribution >= 0.6 is 15.9 Å². The molecule has 0 radical (unpaired) electrons. The van der Waals surface area contributed by atoms with E-state index in [4.69, 9.17) is 0 Å². The van der Waals surface area contributed by atoms with Crippen LogP contribution in [0.5, 0.6) is 0 Å². The number of hydrogen-bond donors (Lipinski definition) is 0. The van der Waals surface area contributed by atoms with E-state index in [-0.39, 0.29) is 0 Å². The SMILES string of the molecule is CCC=CCCBr. The molecular formula is C6H11Br. The second-order valence-corrected chi connectivity index (χ2v) is 2.15. The molecule has 0 nitrogen and oxygen atoms in total. The Bertz CT molecular complexity index is 48.1. The fourth-order valence-electron chi connectivity index (χ4n) is 0.348. The maximum absolute atomic E-state index is 3.33. The number of halogens is 1. The van der Waals surface area contributed by atoms with Crippen molar-refractivity contribution in [1.82, 2.24) is 0 Å². The lowest BCUT2D eigenvalue weighted by Crippen LogP contribution is -1.63. The first-order valence-electron chi connectivity index (χ1n) is 2.62. The van der Waals surface area contributed by atoms with Crippen molar-refractivity contribution in [2.24, 2.45) is 0 Å². The first-order chi connectivity index (χ1) is 3.41. The van der Waals surface area contributed by atoms with Gasteiger partial charge in [0.1, 0.15) is 0 Å². The minimum absolute atomic E-state index is 1.09. The molecule has 0 spiro atoms. The summed E-state index contributed by atoms with van der Waals surface area (Å²) in [6, 6.07) is 0. The predicted octanol–water partition coefficient (Wildman–Crippen LogP) is 2.74. The molecule has 0 bridgehead atoms. The quantitative estimate of drug-likeness (QED) is 0.443. The van der Waals surface area contributed by atoms with Gasteiger partial charge >= 0.3 is 0 Å². The molecule has 0 saturated heterocycles. The molecule has 0 aromatic carbocycles. The molecule has 0 aliphatic heterocycles. The topological polar surface area (TPSA) is 0 Å². The highest BCUT2D eigenvalue weighted by atomic mass is 79.9.